The molecule has 2 rings (SSSR count). The zero-order valence-electron chi connectivity index (χ0n) is 16.6. The highest BCUT2D eigenvalue weighted by molar-refractivity contribution is 5.73. The fourth-order valence-electron chi connectivity index (χ4n) is 3.33. The van der Waals surface area contributed by atoms with Gasteiger partial charge in [-0.2, -0.15) is 0 Å². The zero-order valence-corrected chi connectivity index (χ0v) is 16.6. The maximum atomic E-state index is 11.5. The Morgan fingerprint density at radius 2 is 1.60 bits per heavy atom. The van der Waals surface area contributed by atoms with Gasteiger partial charge in [0.2, 0.25) is 5.91 Å². The molecule has 10 atom stereocenters. The van der Waals surface area contributed by atoms with E-state index in [1.165, 1.54) is 6.92 Å². The second kappa shape index (κ2) is 11.1. The van der Waals surface area contributed by atoms with Crippen LogP contribution in [-0.2, 0) is 23.7 Å². The molecule has 176 valence electrons. The number of aliphatic hydroxyl groups excluding tert-OH is 7. The van der Waals surface area contributed by atoms with Gasteiger partial charge in [0.1, 0.15) is 48.8 Å². The molecule has 30 heavy (non-hydrogen) atoms. The minimum atomic E-state index is -1.59. The van der Waals surface area contributed by atoms with Crippen LogP contribution in [0.4, 0.5) is 0 Å². The Labute approximate surface area is 172 Å². The molecular formula is C17H31NO12. The van der Waals surface area contributed by atoms with E-state index in [-0.39, 0.29) is 0 Å². The van der Waals surface area contributed by atoms with Crippen molar-refractivity contribution in [3.63, 3.8) is 0 Å². The smallest absolute Gasteiger partial charge is 0.217 e. The molecule has 13 heteroatoms. The van der Waals surface area contributed by atoms with E-state index in [1.54, 1.807) is 0 Å². The van der Waals surface area contributed by atoms with Crippen LogP contribution in [0.25, 0.3) is 0 Å². The summed E-state index contributed by atoms with van der Waals surface area (Å²) in [5, 5.41) is 71.4. The molecule has 2 aliphatic rings. The lowest BCUT2D eigenvalue weighted by Crippen LogP contribution is -2.67. The first-order valence-electron chi connectivity index (χ1n) is 9.58. The molecule has 2 saturated heterocycles. The molecule has 0 aromatic heterocycles. The van der Waals surface area contributed by atoms with E-state index < -0.39 is 93.2 Å². The summed E-state index contributed by atoms with van der Waals surface area (Å²) >= 11 is 0. The van der Waals surface area contributed by atoms with Crippen LogP contribution in [-0.4, -0.2) is 129 Å². The van der Waals surface area contributed by atoms with Crippen LogP contribution in [0.3, 0.4) is 0 Å². The van der Waals surface area contributed by atoms with Crippen molar-refractivity contribution < 1.29 is 59.5 Å². The molecular weight excluding hydrogens is 410 g/mol. The molecule has 0 aliphatic carbocycles. The second-order valence-corrected chi connectivity index (χ2v) is 7.35. The van der Waals surface area contributed by atoms with E-state index in [9.17, 15) is 40.5 Å². The van der Waals surface area contributed by atoms with Gasteiger partial charge in [0.25, 0.3) is 0 Å². The number of rotatable bonds is 8. The van der Waals surface area contributed by atoms with Crippen LogP contribution in [0.15, 0.2) is 0 Å². The van der Waals surface area contributed by atoms with Crippen molar-refractivity contribution >= 4 is 5.91 Å². The molecule has 13 nitrogen and oxygen atoms in total. The predicted molar refractivity (Wildman–Crippen MR) is 95.6 cm³/mol. The highest BCUT2D eigenvalue weighted by atomic mass is 16.8. The standard InChI is InChI=1S/C17H31NO12/c1-6-11(23)14(26)15(17(27-6)28-8(3-19)4-20)30-16-10(18-7(2)22)13(25)12(24)9(5-21)29-16/h6,8-17,19-21,23-26H,3-5H2,1-2H3,(H,18,22)/t6-,9+,10+,11-,12+,13+,14+,15+,16+,17-/m0/s1. The fourth-order valence-corrected chi connectivity index (χ4v) is 3.33. The Morgan fingerprint density at radius 1 is 0.967 bits per heavy atom. The average molecular weight is 441 g/mol. The lowest BCUT2D eigenvalue weighted by atomic mass is 9.96. The van der Waals surface area contributed by atoms with Gasteiger partial charge in [-0.1, -0.05) is 0 Å². The predicted octanol–water partition coefficient (Wildman–Crippen LogP) is -4.85. The van der Waals surface area contributed by atoms with Crippen molar-refractivity contribution in [2.75, 3.05) is 19.8 Å². The number of hydrogen-bond acceptors (Lipinski definition) is 12. The third-order valence-corrected chi connectivity index (χ3v) is 5.06. The molecule has 0 aromatic rings. The third kappa shape index (κ3) is 5.63. The van der Waals surface area contributed by atoms with Gasteiger partial charge in [-0.3, -0.25) is 4.79 Å². The highest BCUT2D eigenvalue weighted by Crippen LogP contribution is 2.30. The molecule has 0 saturated carbocycles. The van der Waals surface area contributed by atoms with E-state index >= 15 is 0 Å². The molecule has 2 aliphatic heterocycles. The topological polar surface area (TPSA) is 208 Å². The summed E-state index contributed by atoms with van der Waals surface area (Å²) in [6.45, 7) is 0.819. The molecule has 0 bridgehead atoms. The SMILES string of the molecule is CC(=O)N[C@H]1[C@@H](O[C@H]2[C@H](OC(CO)CO)O[C@@H](C)[C@H](O)[C@H]2O)O[C@H](CO)[C@@H](O)[C@@H]1O. The Hall–Kier alpha value is -0.970. The summed E-state index contributed by atoms with van der Waals surface area (Å²) in [6, 6.07) is -1.30. The first-order chi connectivity index (χ1) is 14.1. The number of amides is 1. The molecule has 2 heterocycles. The Kier molecular flexibility index (Phi) is 9.32. The molecule has 2 fully saturated rings. The van der Waals surface area contributed by atoms with Crippen molar-refractivity contribution in [1.29, 1.82) is 0 Å². The number of ether oxygens (including phenoxy) is 4. The number of hydrogen-bond donors (Lipinski definition) is 8. The zero-order chi connectivity index (χ0) is 22.6. The molecule has 0 unspecified atom stereocenters. The van der Waals surface area contributed by atoms with Crippen LogP contribution >= 0.6 is 0 Å². The van der Waals surface area contributed by atoms with Crippen molar-refractivity contribution in [2.45, 2.75) is 81.3 Å². The molecule has 0 aromatic carbocycles. The van der Waals surface area contributed by atoms with Crippen molar-refractivity contribution in [1.82, 2.24) is 5.32 Å². The molecule has 0 radical (unpaired) electrons. The first-order valence-corrected chi connectivity index (χ1v) is 9.58. The number of nitrogens with one attached hydrogen (secondary N) is 1. The monoisotopic (exact) mass is 441 g/mol. The van der Waals surface area contributed by atoms with Gasteiger partial charge < -0.3 is 60.0 Å². The Bertz CT molecular complexity index is 549. The lowest BCUT2D eigenvalue weighted by Gasteiger charge is -2.47. The van der Waals surface area contributed by atoms with Crippen LogP contribution in [0, 0.1) is 0 Å². The molecule has 1 amide bonds. The normalized spacial score (nSPS) is 42.3. The summed E-state index contributed by atoms with van der Waals surface area (Å²) in [5.74, 6) is -0.576. The number of carbonyl (C=O) groups is 1. The quantitative estimate of drug-likeness (QED) is 0.178. The summed E-state index contributed by atoms with van der Waals surface area (Å²) in [5.41, 5.74) is 0. The van der Waals surface area contributed by atoms with Gasteiger partial charge in [-0.25, -0.2) is 0 Å². The third-order valence-electron chi connectivity index (χ3n) is 5.06. The maximum Gasteiger partial charge on any atom is 0.217 e. The van der Waals surface area contributed by atoms with Crippen LogP contribution in [0.2, 0.25) is 0 Å². The minimum absolute atomic E-state index is 0.567. The highest BCUT2D eigenvalue weighted by Gasteiger charge is 2.51. The van der Waals surface area contributed by atoms with Gasteiger partial charge in [0.05, 0.1) is 25.9 Å². The van der Waals surface area contributed by atoms with Crippen molar-refractivity contribution in [3.8, 4) is 0 Å². The minimum Gasteiger partial charge on any atom is -0.394 e. The Morgan fingerprint density at radius 3 is 2.13 bits per heavy atom. The second-order valence-electron chi connectivity index (χ2n) is 7.35. The van der Waals surface area contributed by atoms with Gasteiger partial charge in [0.15, 0.2) is 12.6 Å². The van der Waals surface area contributed by atoms with E-state index in [1.807, 2.05) is 0 Å². The summed E-state index contributed by atoms with van der Waals surface area (Å²) < 4.78 is 22.1. The largest absolute Gasteiger partial charge is 0.394 e. The summed E-state index contributed by atoms with van der Waals surface area (Å²) in [6.07, 6.45) is -13.6. The number of carbonyl (C=O) groups excluding carboxylic acids is 1. The van der Waals surface area contributed by atoms with Crippen LogP contribution in [0.5, 0.6) is 0 Å². The van der Waals surface area contributed by atoms with Gasteiger partial charge in [-0.05, 0) is 6.92 Å². The Balaban J connectivity index is 2.27. The van der Waals surface area contributed by atoms with Gasteiger partial charge >= 0.3 is 0 Å². The average Bonchev–Trinajstić information content (AvgIpc) is 2.71. The van der Waals surface area contributed by atoms with E-state index in [0.29, 0.717) is 0 Å². The van der Waals surface area contributed by atoms with Gasteiger partial charge in [0, 0.05) is 6.92 Å². The van der Waals surface area contributed by atoms with Crippen LogP contribution in [0.1, 0.15) is 13.8 Å². The van der Waals surface area contributed by atoms with Crippen molar-refractivity contribution in [2.24, 2.45) is 0 Å². The van der Waals surface area contributed by atoms with E-state index in [0.717, 1.165) is 6.92 Å². The fraction of sp³-hybridized carbons (Fsp3) is 0.941. The van der Waals surface area contributed by atoms with Gasteiger partial charge in [-0.15, -0.1) is 0 Å². The van der Waals surface area contributed by atoms with E-state index in [2.05, 4.69) is 5.32 Å². The van der Waals surface area contributed by atoms with Crippen molar-refractivity contribution in [3.05, 3.63) is 0 Å². The molecule has 8 N–H and O–H groups in total. The first kappa shape index (κ1) is 25.3. The van der Waals surface area contributed by atoms with Crippen LogP contribution < -0.4 is 5.32 Å². The molecule has 0 spiro atoms. The summed E-state index contributed by atoms with van der Waals surface area (Å²) in [4.78, 5) is 11.5. The van der Waals surface area contributed by atoms with E-state index in [4.69, 9.17) is 18.9 Å². The maximum absolute atomic E-state index is 11.5. The summed E-state index contributed by atoms with van der Waals surface area (Å²) in [7, 11) is 0. The number of aliphatic hydroxyl groups is 7. The lowest BCUT2D eigenvalue weighted by molar-refractivity contribution is -0.358.